The summed E-state index contributed by atoms with van der Waals surface area (Å²) in [5, 5.41) is 16.8. The molecule has 2 amide bonds. The molecule has 6 rings (SSSR count). The number of benzene rings is 2. The lowest BCUT2D eigenvalue weighted by molar-refractivity contribution is -0.154. The van der Waals surface area contributed by atoms with E-state index in [-0.39, 0.29) is 35.4 Å². The first kappa shape index (κ1) is 24.4. The molecule has 3 saturated carbocycles. The Balaban J connectivity index is 0.998. The molecule has 9 heteroatoms. The van der Waals surface area contributed by atoms with Crippen molar-refractivity contribution >= 4 is 11.8 Å². The van der Waals surface area contributed by atoms with E-state index in [4.69, 9.17) is 0 Å². The average Bonchev–Trinajstić information content (AvgIpc) is 3.31. The molecule has 6 atom stereocenters. The van der Waals surface area contributed by atoms with E-state index in [1.54, 1.807) is 0 Å². The normalized spacial score (nSPS) is 34.3. The van der Waals surface area contributed by atoms with Gasteiger partial charge in [-0.25, -0.2) is 0 Å². The largest absolute Gasteiger partial charge is 0.416 e. The number of carbonyl (C=O) groups is 2. The van der Waals surface area contributed by atoms with E-state index < -0.39 is 23.2 Å². The fourth-order valence-corrected chi connectivity index (χ4v) is 7.42. The Morgan fingerprint density at radius 1 is 1.11 bits per heavy atom. The first-order valence-electron chi connectivity index (χ1n) is 12.9. The maximum atomic E-state index is 12.9. The van der Waals surface area contributed by atoms with Crippen LogP contribution in [0, 0.1) is 17.3 Å². The smallest absolute Gasteiger partial charge is 0.385 e. The third-order valence-electron chi connectivity index (χ3n) is 9.18. The molecule has 0 radical (unpaired) electrons. The number of rotatable bonds is 6. The Morgan fingerprint density at radius 3 is 2.65 bits per heavy atom. The highest BCUT2D eigenvalue weighted by Crippen LogP contribution is 2.81. The molecule has 6 nitrogen and oxygen atoms in total. The maximum Gasteiger partial charge on any atom is 0.416 e. The number of hydrogen-bond acceptors (Lipinski definition) is 4. The fourth-order valence-electron chi connectivity index (χ4n) is 7.42. The van der Waals surface area contributed by atoms with Crippen LogP contribution in [-0.4, -0.2) is 53.5 Å². The van der Waals surface area contributed by atoms with Crippen LogP contribution in [0.25, 0.3) is 0 Å². The molecule has 3 N–H and O–H groups in total. The molecule has 3 aliphatic carbocycles. The first-order valence-corrected chi connectivity index (χ1v) is 12.9. The van der Waals surface area contributed by atoms with Gasteiger partial charge in [0.05, 0.1) is 17.7 Å². The van der Waals surface area contributed by atoms with Crippen molar-refractivity contribution in [3.8, 4) is 0 Å². The molecule has 1 heterocycles. The van der Waals surface area contributed by atoms with Gasteiger partial charge >= 0.3 is 6.18 Å². The third-order valence-corrected chi connectivity index (χ3v) is 9.18. The lowest BCUT2D eigenvalue weighted by Gasteiger charge is -2.52. The van der Waals surface area contributed by atoms with Crippen LogP contribution in [0.3, 0.4) is 0 Å². The monoisotopic (exact) mass is 513 g/mol. The van der Waals surface area contributed by atoms with Gasteiger partial charge < -0.3 is 15.7 Å². The number of halogens is 3. The second-order valence-corrected chi connectivity index (χ2v) is 11.2. The first-order chi connectivity index (χ1) is 17.6. The lowest BCUT2D eigenvalue weighted by Crippen LogP contribution is -2.52. The summed E-state index contributed by atoms with van der Waals surface area (Å²) in [5.41, 5.74) is -0.508. The molecular weight excluding hydrogens is 483 g/mol. The summed E-state index contributed by atoms with van der Waals surface area (Å²) < 4.78 is 38.7. The van der Waals surface area contributed by atoms with E-state index in [1.807, 2.05) is 30.3 Å². The molecule has 4 aliphatic rings. The van der Waals surface area contributed by atoms with Crippen molar-refractivity contribution in [1.29, 1.82) is 0 Å². The highest BCUT2D eigenvalue weighted by Gasteiger charge is 2.79. The Hall–Kier alpha value is -2.91. The molecule has 0 aromatic heterocycles. The molecule has 1 spiro atoms. The Kier molecular flexibility index (Phi) is 5.65. The summed E-state index contributed by atoms with van der Waals surface area (Å²) in [6, 6.07) is 14.5. The van der Waals surface area contributed by atoms with Crippen molar-refractivity contribution in [2.45, 2.75) is 49.5 Å². The number of hydrogen-bond donors (Lipinski definition) is 3. The number of alkyl halides is 3. The number of likely N-dealkylation sites (tertiary alicyclic amines) is 1. The predicted octanol–water partition coefficient (Wildman–Crippen LogP) is 3.31. The Bertz CT molecular complexity index is 1220. The number of amides is 2. The zero-order valence-corrected chi connectivity index (χ0v) is 20.3. The third kappa shape index (κ3) is 4.12. The van der Waals surface area contributed by atoms with Gasteiger partial charge in [-0.1, -0.05) is 36.4 Å². The minimum atomic E-state index is -4.54. The van der Waals surface area contributed by atoms with Gasteiger partial charge in [-0.15, -0.1) is 0 Å². The number of aliphatic hydroxyl groups is 1. The molecular formula is C28H30F3N3O3. The Labute approximate surface area is 213 Å². The van der Waals surface area contributed by atoms with Gasteiger partial charge in [0.15, 0.2) is 0 Å². The second kappa shape index (κ2) is 8.56. The van der Waals surface area contributed by atoms with Gasteiger partial charge in [0.25, 0.3) is 5.91 Å². The fraction of sp³-hybridized carbons (Fsp3) is 0.500. The summed E-state index contributed by atoms with van der Waals surface area (Å²) in [6.07, 6.45) is -0.788. The van der Waals surface area contributed by atoms with Crippen LogP contribution in [0.5, 0.6) is 0 Å². The van der Waals surface area contributed by atoms with Crippen molar-refractivity contribution in [2.24, 2.45) is 17.3 Å². The van der Waals surface area contributed by atoms with Crippen LogP contribution in [0.15, 0.2) is 54.6 Å². The second-order valence-electron chi connectivity index (χ2n) is 11.2. The summed E-state index contributed by atoms with van der Waals surface area (Å²) in [5.74, 6) is -0.208. The van der Waals surface area contributed by atoms with Gasteiger partial charge in [0, 0.05) is 30.7 Å². The van der Waals surface area contributed by atoms with Crippen LogP contribution < -0.4 is 10.6 Å². The molecule has 4 fully saturated rings. The van der Waals surface area contributed by atoms with E-state index in [0.29, 0.717) is 12.0 Å². The molecule has 2 aromatic carbocycles. The summed E-state index contributed by atoms with van der Waals surface area (Å²) in [6.45, 7) is 1.29. The number of nitrogens with one attached hydrogen (secondary N) is 2. The topological polar surface area (TPSA) is 81.7 Å². The van der Waals surface area contributed by atoms with Gasteiger partial charge in [0.1, 0.15) is 0 Å². The molecule has 1 aliphatic heterocycles. The van der Waals surface area contributed by atoms with Gasteiger partial charge in [0.2, 0.25) is 5.91 Å². The highest BCUT2D eigenvalue weighted by molar-refractivity contribution is 5.96. The summed E-state index contributed by atoms with van der Waals surface area (Å²) in [7, 11) is 0. The van der Waals surface area contributed by atoms with E-state index in [0.717, 1.165) is 56.5 Å². The van der Waals surface area contributed by atoms with E-state index in [1.165, 1.54) is 12.1 Å². The zero-order valence-electron chi connectivity index (χ0n) is 20.3. The van der Waals surface area contributed by atoms with Crippen LogP contribution >= 0.6 is 0 Å². The van der Waals surface area contributed by atoms with E-state index in [2.05, 4.69) is 15.5 Å². The van der Waals surface area contributed by atoms with Gasteiger partial charge in [-0.3, -0.25) is 14.5 Å². The van der Waals surface area contributed by atoms with E-state index >= 15 is 0 Å². The lowest BCUT2D eigenvalue weighted by atomic mass is 9.56. The van der Waals surface area contributed by atoms with Gasteiger partial charge in [-0.05, 0) is 66.7 Å². The van der Waals surface area contributed by atoms with Crippen molar-refractivity contribution < 1.29 is 27.9 Å². The molecule has 5 unspecified atom stereocenters. The minimum absolute atomic E-state index is 0.0427. The number of nitrogens with zero attached hydrogens (tertiary/aromatic N) is 1. The molecule has 2 aromatic rings. The highest BCUT2D eigenvalue weighted by atomic mass is 19.4. The average molecular weight is 514 g/mol. The van der Waals surface area contributed by atoms with Crippen molar-refractivity contribution in [2.75, 3.05) is 19.6 Å². The SMILES string of the molecule is O=C(CNC(=O)c1cccc(C(F)(F)F)c1)N[C@@H]1CCN(C2CC3C(O)(c4ccccc4)CC34CC24)C1. The summed E-state index contributed by atoms with van der Waals surface area (Å²) in [4.78, 5) is 27.2. The standard InChI is InChI=1S/C28H30F3N3O3/c29-28(30,31)19-8-4-5-17(11-19)25(36)32-14-24(35)33-20-9-10-34(15-20)22-12-23-26(13-21(22)26)16-27(23,37)18-6-2-1-3-7-18/h1-8,11,20-23,37H,9-10,12-16H2,(H,32,36)(H,33,35)/t20-,21?,22?,23?,26?,27?/m1/s1. The van der Waals surface area contributed by atoms with E-state index in [9.17, 15) is 27.9 Å². The molecule has 196 valence electrons. The van der Waals surface area contributed by atoms with Crippen LogP contribution in [-0.2, 0) is 16.6 Å². The zero-order chi connectivity index (χ0) is 26.0. The van der Waals surface area contributed by atoms with Crippen LogP contribution in [0.1, 0.15) is 47.2 Å². The van der Waals surface area contributed by atoms with Crippen molar-refractivity contribution in [3.05, 3.63) is 71.3 Å². The number of carbonyl (C=O) groups excluding carboxylic acids is 2. The van der Waals surface area contributed by atoms with Crippen molar-refractivity contribution in [3.63, 3.8) is 0 Å². The molecule has 0 bridgehead atoms. The van der Waals surface area contributed by atoms with Crippen LogP contribution in [0.4, 0.5) is 13.2 Å². The molecule has 1 saturated heterocycles. The molecule has 37 heavy (non-hydrogen) atoms. The summed E-state index contributed by atoms with van der Waals surface area (Å²) >= 11 is 0. The Morgan fingerprint density at radius 2 is 1.89 bits per heavy atom. The van der Waals surface area contributed by atoms with Crippen molar-refractivity contribution in [1.82, 2.24) is 15.5 Å². The minimum Gasteiger partial charge on any atom is -0.385 e. The van der Waals surface area contributed by atoms with Gasteiger partial charge in [-0.2, -0.15) is 13.2 Å². The van der Waals surface area contributed by atoms with Crippen LogP contribution in [0.2, 0.25) is 0 Å². The maximum absolute atomic E-state index is 12.9. The predicted molar refractivity (Wildman–Crippen MR) is 129 cm³/mol. The quantitative estimate of drug-likeness (QED) is 0.554.